The molecule has 25 heavy (non-hydrogen) atoms. The quantitative estimate of drug-likeness (QED) is 0.726. The molecule has 6 heteroatoms. The average molecular weight is 359 g/mol. The fraction of sp³-hybridized carbons (Fsp3) is 0.316. The van der Waals surface area contributed by atoms with Gasteiger partial charge in [0.25, 0.3) is 0 Å². The lowest BCUT2D eigenvalue weighted by Crippen LogP contribution is -2.34. The maximum Gasteiger partial charge on any atom is 0.134 e. The first-order valence-corrected chi connectivity index (χ1v) is 9.32. The van der Waals surface area contributed by atoms with Gasteiger partial charge in [0.1, 0.15) is 11.6 Å². The van der Waals surface area contributed by atoms with Crippen LogP contribution in [0.1, 0.15) is 29.3 Å². The van der Waals surface area contributed by atoms with Crippen molar-refractivity contribution in [3.8, 4) is 11.1 Å². The average Bonchev–Trinajstić information content (AvgIpc) is 3.27. The molecular formula is C19H19F2N3S. The predicted molar refractivity (Wildman–Crippen MR) is 95.5 cm³/mol. The summed E-state index contributed by atoms with van der Waals surface area (Å²) in [6.07, 6.45) is 3.59. The van der Waals surface area contributed by atoms with E-state index in [9.17, 15) is 8.78 Å². The minimum absolute atomic E-state index is 0.0154. The van der Waals surface area contributed by atoms with Crippen LogP contribution in [-0.2, 0) is 6.54 Å². The number of halogens is 2. The maximum absolute atomic E-state index is 14.2. The number of hydrogen-bond acceptors (Lipinski definition) is 3. The molecular weight excluding hydrogens is 340 g/mol. The lowest BCUT2D eigenvalue weighted by atomic mass is 9.90. The number of piperidine rings is 1. The molecule has 1 aliphatic rings. The fourth-order valence-electron chi connectivity index (χ4n) is 3.62. The number of aromatic nitrogens is 2. The Kier molecular flexibility index (Phi) is 4.63. The maximum atomic E-state index is 14.2. The number of H-pyrrole nitrogens is 1. The minimum Gasteiger partial charge on any atom is -0.298 e. The van der Waals surface area contributed by atoms with Crippen LogP contribution in [0.25, 0.3) is 11.1 Å². The number of likely N-dealkylation sites (tertiary alicyclic amines) is 1. The zero-order chi connectivity index (χ0) is 17.2. The molecule has 0 amide bonds. The summed E-state index contributed by atoms with van der Waals surface area (Å²) in [6.45, 7) is 2.83. The second-order valence-corrected chi connectivity index (χ2v) is 7.48. The van der Waals surface area contributed by atoms with Gasteiger partial charge in [0.15, 0.2) is 0 Å². The number of benzene rings is 1. The van der Waals surface area contributed by atoms with Crippen LogP contribution in [0.5, 0.6) is 0 Å². The molecule has 3 aromatic rings. The molecule has 0 spiro atoms. The van der Waals surface area contributed by atoms with Crippen molar-refractivity contribution in [2.45, 2.75) is 25.3 Å². The molecule has 1 unspecified atom stereocenters. The van der Waals surface area contributed by atoms with Gasteiger partial charge in [-0.25, -0.2) is 8.78 Å². The Morgan fingerprint density at radius 2 is 2.04 bits per heavy atom. The Morgan fingerprint density at radius 3 is 2.80 bits per heavy atom. The molecule has 0 aliphatic carbocycles. The normalized spacial score (nSPS) is 18.6. The van der Waals surface area contributed by atoms with Gasteiger partial charge in [-0.3, -0.25) is 10.00 Å². The Balaban J connectivity index is 1.59. The van der Waals surface area contributed by atoms with Gasteiger partial charge < -0.3 is 0 Å². The SMILES string of the molecule is Fc1cccc(F)c1-c1cn[nH]c1C1CCCN(Cc2cccs2)C1. The number of hydrogen-bond donors (Lipinski definition) is 1. The Hall–Kier alpha value is -2.05. The van der Waals surface area contributed by atoms with E-state index >= 15 is 0 Å². The van der Waals surface area contributed by atoms with E-state index in [1.54, 1.807) is 11.3 Å². The standard InChI is InChI=1S/C19H19F2N3S/c20-16-6-1-7-17(21)18(16)15-10-22-23-19(15)13-4-2-8-24(11-13)12-14-5-3-9-25-14/h1,3,5-7,9-10,13H,2,4,8,11-12H2,(H,22,23). The number of nitrogens with zero attached hydrogens (tertiary/aromatic N) is 2. The van der Waals surface area contributed by atoms with Crippen molar-refractivity contribution in [3.05, 3.63) is 64.1 Å². The van der Waals surface area contributed by atoms with Gasteiger partial charge in [-0.2, -0.15) is 5.10 Å². The lowest BCUT2D eigenvalue weighted by Gasteiger charge is -2.32. The molecule has 1 fully saturated rings. The summed E-state index contributed by atoms with van der Waals surface area (Å²) in [5, 5.41) is 9.17. The van der Waals surface area contributed by atoms with E-state index < -0.39 is 11.6 Å². The summed E-state index contributed by atoms with van der Waals surface area (Å²) >= 11 is 1.76. The molecule has 3 nitrogen and oxygen atoms in total. The Morgan fingerprint density at radius 1 is 1.20 bits per heavy atom. The molecule has 1 aromatic carbocycles. The Labute approximate surface area is 149 Å². The summed E-state index contributed by atoms with van der Waals surface area (Å²) in [6, 6.07) is 8.18. The van der Waals surface area contributed by atoms with E-state index in [1.807, 2.05) is 0 Å². The first-order chi connectivity index (χ1) is 12.2. The van der Waals surface area contributed by atoms with E-state index in [4.69, 9.17) is 0 Å². The van der Waals surface area contributed by atoms with Crippen LogP contribution in [0, 0.1) is 11.6 Å². The monoisotopic (exact) mass is 359 g/mol. The van der Waals surface area contributed by atoms with Crippen LogP contribution in [0.3, 0.4) is 0 Å². The van der Waals surface area contributed by atoms with E-state index in [0.29, 0.717) is 5.56 Å². The molecule has 0 saturated carbocycles. The highest BCUT2D eigenvalue weighted by molar-refractivity contribution is 7.09. The summed E-state index contributed by atoms with van der Waals surface area (Å²) in [5.41, 5.74) is 1.39. The largest absolute Gasteiger partial charge is 0.298 e. The van der Waals surface area contributed by atoms with Crippen LogP contribution in [0.4, 0.5) is 8.78 Å². The second kappa shape index (κ2) is 7.06. The van der Waals surface area contributed by atoms with Crippen molar-refractivity contribution in [1.29, 1.82) is 0 Å². The topological polar surface area (TPSA) is 31.9 Å². The van der Waals surface area contributed by atoms with Gasteiger partial charge in [-0.15, -0.1) is 11.3 Å². The van der Waals surface area contributed by atoms with E-state index in [-0.39, 0.29) is 11.5 Å². The van der Waals surface area contributed by atoms with E-state index in [2.05, 4.69) is 32.6 Å². The molecule has 0 radical (unpaired) electrons. The molecule has 1 saturated heterocycles. The Bertz CT molecular complexity index is 824. The van der Waals surface area contributed by atoms with Crippen LogP contribution in [-0.4, -0.2) is 28.2 Å². The first-order valence-electron chi connectivity index (χ1n) is 8.45. The van der Waals surface area contributed by atoms with E-state index in [1.165, 1.54) is 29.3 Å². The second-order valence-electron chi connectivity index (χ2n) is 6.45. The molecule has 1 N–H and O–H groups in total. The highest BCUT2D eigenvalue weighted by atomic mass is 32.1. The molecule has 3 heterocycles. The third kappa shape index (κ3) is 3.37. The predicted octanol–water partition coefficient (Wildman–Crippen LogP) is 4.80. The number of thiophene rings is 1. The summed E-state index contributed by atoms with van der Waals surface area (Å²) in [4.78, 5) is 3.74. The van der Waals surface area contributed by atoms with Crippen LogP contribution >= 0.6 is 11.3 Å². The first kappa shape index (κ1) is 16.4. The van der Waals surface area contributed by atoms with Crippen LogP contribution < -0.4 is 0 Å². The molecule has 1 atom stereocenters. The van der Waals surface area contributed by atoms with Crippen molar-refractivity contribution in [2.75, 3.05) is 13.1 Å². The number of nitrogens with one attached hydrogen (secondary N) is 1. The van der Waals surface area contributed by atoms with Gasteiger partial charge in [0.2, 0.25) is 0 Å². The van der Waals surface area contributed by atoms with Crippen molar-refractivity contribution in [2.24, 2.45) is 0 Å². The fourth-order valence-corrected chi connectivity index (χ4v) is 4.37. The molecule has 0 bridgehead atoms. The number of aromatic amines is 1. The van der Waals surface area contributed by atoms with Crippen LogP contribution in [0.2, 0.25) is 0 Å². The lowest BCUT2D eigenvalue weighted by molar-refractivity contribution is 0.200. The summed E-state index contributed by atoms with van der Waals surface area (Å²) in [5.74, 6) is -0.895. The third-order valence-electron chi connectivity index (χ3n) is 4.77. The zero-order valence-electron chi connectivity index (χ0n) is 13.7. The van der Waals surface area contributed by atoms with Gasteiger partial charge in [-0.05, 0) is 43.0 Å². The van der Waals surface area contributed by atoms with Gasteiger partial charge in [-0.1, -0.05) is 12.1 Å². The molecule has 130 valence electrons. The molecule has 2 aromatic heterocycles. The zero-order valence-corrected chi connectivity index (χ0v) is 14.5. The van der Waals surface area contributed by atoms with Gasteiger partial charge >= 0.3 is 0 Å². The summed E-state index contributed by atoms with van der Waals surface area (Å²) < 4.78 is 28.4. The third-order valence-corrected chi connectivity index (χ3v) is 5.64. The van der Waals surface area contributed by atoms with Gasteiger partial charge in [0, 0.05) is 35.1 Å². The highest BCUT2D eigenvalue weighted by Gasteiger charge is 2.27. The van der Waals surface area contributed by atoms with Crippen molar-refractivity contribution in [3.63, 3.8) is 0 Å². The molecule has 1 aliphatic heterocycles. The van der Waals surface area contributed by atoms with Crippen molar-refractivity contribution in [1.82, 2.24) is 15.1 Å². The summed E-state index contributed by atoms with van der Waals surface area (Å²) in [7, 11) is 0. The van der Waals surface area contributed by atoms with Gasteiger partial charge in [0.05, 0.1) is 11.8 Å². The smallest absolute Gasteiger partial charge is 0.134 e. The highest BCUT2D eigenvalue weighted by Crippen LogP contribution is 2.35. The van der Waals surface area contributed by atoms with Crippen molar-refractivity contribution >= 4 is 11.3 Å². The minimum atomic E-state index is -0.547. The van der Waals surface area contributed by atoms with Crippen LogP contribution in [0.15, 0.2) is 41.9 Å². The van der Waals surface area contributed by atoms with E-state index in [0.717, 1.165) is 38.2 Å². The molecule has 4 rings (SSSR count). The van der Waals surface area contributed by atoms with Crippen molar-refractivity contribution < 1.29 is 8.78 Å². The number of rotatable bonds is 4.